The lowest BCUT2D eigenvalue weighted by Gasteiger charge is -2.16. The molecule has 3 heterocycles. The standard InChI is InChI=1S/C26H21N5O4/c1-2-35-22-10-8-17(16-30-25(33)19-6-3-4-7-20(19)26(30)34)14-21(22)24(32)29-18-9-11-23(27-15-18)31-13-5-12-28-31/h3-15H,2,16H2,1H3,(H,29,32). The first-order valence-electron chi connectivity index (χ1n) is 11.0. The van der Waals surface area contributed by atoms with Gasteiger partial charge in [0.25, 0.3) is 17.7 Å². The van der Waals surface area contributed by atoms with E-state index in [1.54, 1.807) is 77.7 Å². The minimum atomic E-state index is -0.397. The van der Waals surface area contributed by atoms with Crippen molar-refractivity contribution in [2.75, 3.05) is 11.9 Å². The summed E-state index contributed by atoms with van der Waals surface area (Å²) in [6, 6.07) is 17.0. The van der Waals surface area contributed by atoms with Crippen LogP contribution in [-0.4, -0.2) is 44.0 Å². The Kier molecular flexibility index (Phi) is 5.80. The minimum Gasteiger partial charge on any atom is -0.493 e. The van der Waals surface area contributed by atoms with E-state index in [1.807, 2.05) is 6.92 Å². The molecule has 0 radical (unpaired) electrons. The number of amides is 3. The van der Waals surface area contributed by atoms with Gasteiger partial charge in [-0.15, -0.1) is 0 Å². The third kappa shape index (κ3) is 4.26. The number of fused-ring (bicyclic) bond motifs is 1. The number of ether oxygens (including phenoxy) is 1. The van der Waals surface area contributed by atoms with Crippen LogP contribution in [0.4, 0.5) is 5.69 Å². The zero-order valence-electron chi connectivity index (χ0n) is 18.8. The zero-order chi connectivity index (χ0) is 24.4. The number of anilines is 1. The Balaban J connectivity index is 1.37. The van der Waals surface area contributed by atoms with E-state index in [-0.39, 0.29) is 23.9 Å². The largest absolute Gasteiger partial charge is 0.493 e. The van der Waals surface area contributed by atoms with Gasteiger partial charge in [-0.25, -0.2) is 9.67 Å². The lowest BCUT2D eigenvalue weighted by molar-refractivity contribution is 0.0642. The normalized spacial score (nSPS) is 12.5. The summed E-state index contributed by atoms with van der Waals surface area (Å²) >= 11 is 0. The Morgan fingerprint density at radius 3 is 2.40 bits per heavy atom. The molecule has 4 aromatic rings. The van der Waals surface area contributed by atoms with Gasteiger partial charge in [0.2, 0.25) is 0 Å². The molecule has 0 spiro atoms. The SMILES string of the molecule is CCOc1ccc(CN2C(=O)c3ccccc3C2=O)cc1C(=O)Nc1ccc(-n2cccn2)nc1. The average molecular weight is 467 g/mol. The van der Waals surface area contributed by atoms with E-state index in [2.05, 4.69) is 15.4 Å². The molecule has 0 bridgehead atoms. The maximum absolute atomic E-state index is 13.1. The highest BCUT2D eigenvalue weighted by Gasteiger charge is 2.35. The van der Waals surface area contributed by atoms with Crippen LogP contribution in [0.5, 0.6) is 5.75 Å². The average Bonchev–Trinajstić information content (AvgIpc) is 3.50. The minimum absolute atomic E-state index is 0.0408. The molecule has 0 saturated heterocycles. The van der Waals surface area contributed by atoms with Crippen molar-refractivity contribution >= 4 is 23.4 Å². The topological polar surface area (TPSA) is 106 Å². The lowest BCUT2D eigenvalue weighted by Crippen LogP contribution is -2.29. The van der Waals surface area contributed by atoms with Crippen molar-refractivity contribution in [3.63, 3.8) is 0 Å². The Hall–Kier alpha value is -4.79. The maximum Gasteiger partial charge on any atom is 0.261 e. The van der Waals surface area contributed by atoms with E-state index in [0.29, 0.717) is 40.6 Å². The van der Waals surface area contributed by atoms with Crippen LogP contribution in [0.2, 0.25) is 0 Å². The molecule has 5 rings (SSSR count). The summed E-state index contributed by atoms with van der Waals surface area (Å²) in [6.45, 7) is 2.24. The molecular weight excluding hydrogens is 446 g/mol. The molecule has 2 aromatic heterocycles. The van der Waals surface area contributed by atoms with Crippen molar-refractivity contribution in [1.82, 2.24) is 19.7 Å². The molecule has 1 aliphatic heterocycles. The Morgan fingerprint density at radius 2 is 1.77 bits per heavy atom. The molecule has 0 unspecified atom stereocenters. The fraction of sp³-hybridized carbons (Fsp3) is 0.115. The number of pyridine rings is 1. The maximum atomic E-state index is 13.1. The van der Waals surface area contributed by atoms with Gasteiger partial charge < -0.3 is 10.1 Å². The molecule has 0 saturated carbocycles. The second-order valence-electron chi connectivity index (χ2n) is 7.82. The second kappa shape index (κ2) is 9.22. The third-order valence-electron chi connectivity index (χ3n) is 5.55. The summed E-state index contributed by atoms with van der Waals surface area (Å²) in [4.78, 5) is 44.1. The van der Waals surface area contributed by atoms with Crippen molar-refractivity contribution < 1.29 is 19.1 Å². The van der Waals surface area contributed by atoms with Gasteiger partial charge in [-0.05, 0) is 55.0 Å². The smallest absolute Gasteiger partial charge is 0.261 e. The molecule has 1 N–H and O–H groups in total. The van der Waals surface area contributed by atoms with Gasteiger partial charge in [0.15, 0.2) is 5.82 Å². The van der Waals surface area contributed by atoms with Crippen molar-refractivity contribution in [2.24, 2.45) is 0 Å². The van der Waals surface area contributed by atoms with Gasteiger partial charge in [0.05, 0.1) is 41.7 Å². The number of nitrogens with zero attached hydrogens (tertiary/aromatic N) is 4. The monoisotopic (exact) mass is 467 g/mol. The number of carbonyl (C=O) groups excluding carboxylic acids is 3. The number of hydrogen-bond acceptors (Lipinski definition) is 6. The number of rotatable bonds is 7. The van der Waals surface area contributed by atoms with Crippen molar-refractivity contribution in [3.05, 3.63) is 102 Å². The van der Waals surface area contributed by atoms with Crippen LogP contribution in [-0.2, 0) is 6.54 Å². The number of carbonyl (C=O) groups is 3. The fourth-order valence-electron chi connectivity index (χ4n) is 3.90. The summed E-state index contributed by atoms with van der Waals surface area (Å²) in [5, 5.41) is 6.95. The quantitative estimate of drug-likeness (QED) is 0.415. The Morgan fingerprint density at radius 1 is 1.00 bits per heavy atom. The van der Waals surface area contributed by atoms with Crippen molar-refractivity contribution in [3.8, 4) is 11.6 Å². The number of benzene rings is 2. The highest BCUT2D eigenvalue weighted by molar-refractivity contribution is 6.21. The number of hydrogen-bond donors (Lipinski definition) is 1. The molecular formula is C26H21N5O4. The van der Waals surface area contributed by atoms with Crippen molar-refractivity contribution in [2.45, 2.75) is 13.5 Å². The van der Waals surface area contributed by atoms with E-state index < -0.39 is 5.91 Å². The molecule has 0 fully saturated rings. The van der Waals surface area contributed by atoms with E-state index in [1.165, 1.54) is 11.1 Å². The number of aromatic nitrogens is 3. The summed E-state index contributed by atoms with van der Waals surface area (Å²) in [7, 11) is 0. The van der Waals surface area contributed by atoms with Crippen LogP contribution >= 0.6 is 0 Å². The first kappa shape index (κ1) is 22.0. The van der Waals surface area contributed by atoms with E-state index in [9.17, 15) is 14.4 Å². The van der Waals surface area contributed by atoms with Gasteiger partial charge in [-0.1, -0.05) is 18.2 Å². The first-order valence-corrected chi connectivity index (χ1v) is 11.0. The van der Waals surface area contributed by atoms with Gasteiger partial charge in [0.1, 0.15) is 5.75 Å². The molecule has 35 heavy (non-hydrogen) atoms. The highest BCUT2D eigenvalue weighted by atomic mass is 16.5. The Labute approximate surface area is 201 Å². The molecule has 174 valence electrons. The van der Waals surface area contributed by atoms with Gasteiger partial charge >= 0.3 is 0 Å². The molecule has 0 aliphatic carbocycles. The van der Waals surface area contributed by atoms with Crippen molar-refractivity contribution in [1.29, 1.82) is 0 Å². The number of imide groups is 1. The second-order valence-corrected chi connectivity index (χ2v) is 7.82. The number of nitrogens with one attached hydrogen (secondary N) is 1. The summed E-state index contributed by atoms with van der Waals surface area (Å²) < 4.78 is 7.26. The van der Waals surface area contributed by atoms with E-state index in [0.717, 1.165) is 0 Å². The molecule has 3 amide bonds. The van der Waals surface area contributed by atoms with Gasteiger partial charge in [-0.3, -0.25) is 19.3 Å². The lowest BCUT2D eigenvalue weighted by atomic mass is 10.1. The highest BCUT2D eigenvalue weighted by Crippen LogP contribution is 2.27. The zero-order valence-corrected chi connectivity index (χ0v) is 18.8. The summed E-state index contributed by atoms with van der Waals surface area (Å²) in [6.07, 6.45) is 4.97. The van der Waals surface area contributed by atoms with Gasteiger partial charge in [0, 0.05) is 12.4 Å². The molecule has 1 aliphatic rings. The van der Waals surface area contributed by atoms with Crippen LogP contribution < -0.4 is 10.1 Å². The van der Waals surface area contributed by atoms with Crippen LogP contribution in [0.25, 0.3) is 5.82 Å². The predicted molar refractivity (Wildman–Crippen MR) is 128 cm³/mol. The fourth-order valence-corrected chi connectivity index (χ4v) is 3.90. The molecule has 0 atom stereocenters. The van der Waals surface area contributed by atoms with Crippen LogP contribution in [0.3, 0.4) is 0 Å². The summed E-state index contributed by atoms with van der Waals surface area (Å²) in [5.74, 6) is -0.0860. The predicted octanol–water partition coefficient (Wildman–Crippen LogP) is 3.71. The molecule has 9 heteroatoms. The van der Waals surface area contributed by atoms with Crippen LogP contribution in [0.1, 0.15) is 43.6 Å². The van der Waals surface area contributed by atoms with Crippen LogP contribution in [0.15, 0.2) is 79.3 Å². The van der Waals surface area contributed by atoms with Gasteiger partial charge in [-0.2, -0.15) is 5.10 Å². The van der Waals surface area contributed by atoms with E-state index in [4.69, 9.17) is 4.74 Å². The first-order chi connectivity index (χ1) is 17.0. The Bertz CT molecular complexity index is 1380. The van der Waals surface area contributed by atoms with E-state index >= 15 is 0 Å². The third-order valence-corrected chi connectivity index (χ3v) is 5.55. The molecule has 9 nitrogen and oxygen atoms in total. The van der Waals surface area contributed by atoms with Crippen LogP contribution in [0, 0.1) is 0 Å². The summed E-state index contributed by atoms with van der Waals surface area (Å²) in [5.41, 5.74) is 2.18. The molecule has 2 aromatic carbocycles.